The predicted molar refractivity (Wildman–Crippen MR) is 93.1 cm³/mol. The highest BCUT2D eigenvalue weighted by Gasteiger charge is 2.08. The minimum absolute atomic E-state index is 0.0416. The molecule has 0 atom stereocenters. The Morgan fingerprint density at radius 1 is 0.960 bits per heavy atom. The lowest BCUT2D eigenvalue weighted by Crippen LogP contribution is -2.20. The van der Waals surface area contributed by atoms with E-state index in [4.69, 9.17) is 21.0 Å². The number of rotatable bonds is 7. The zero-order valence-corrected chi connectivity index (χ0v) is 13.8. The van der Waals surface area contributed by atoms with Gasteiger partial charge in [-0.2, -0.15) is 0 Å². The molecule has 25 heavy (non-hydrogen) atoms. The number of hydrogen-bond donors (Lipinski definition) is 2. The number of ether oxygens (including phenoxy) is 1. The van der Waals surface area contributed by atoms with E-state index in [1.54, 1.807) is 36.4 Å². The molecule has 0 aliphatic rings. The van der Waals surface area contributed by atoms with Crippen LogP contribution in [0.25, 0.3) is 0 Å². The van der Waals surface area contributed by atoms with Gasteiger partial charge in [0.2, 0.25) is 0 Å². The molecule has 0 radical (unpaired) electrons. The number of amidine groups is 1. The first kappa shape index (κ1) is 18.0. The number of carbonyl (C=O) groups is 2. The second-order valence-electron chi connectivity index (χ2n) is 5.19. The van der Waals surface area contributed by atoms with E-state index in [0.29, 0.717) is 16.9 Å². The van der Waals surface area contributed by atoms with Crippen LogP contribution in [0.5, 0.6) is 5.75 Å². The lowest BCUT2D eigenvalue weighted by Gasteiger charge is -2.05. The van der Waals surface area contributed by atoms with Gasteiger partial charge in [0.25, 0.3) is 5.91 Å². The standard InChI is InChI=1S/C18H19N3O4/c1-2-12-3-5-14(6-4-12)18(23)25-21-17(20)13-7-9-15(10-8-13)24-11-16(19)22/h3-10H,2,11H2,1H3,(H2,19,22)(H2,20,21). The first-order valence-corrected chi connectivity index (χ1v) is 7.65. The van der Waals surface area contributed by atoms with E-state index in [2.05, 4.69) is 5.16 Å². The molecule has 0 aromatic heterocycles. The van der Waals surface area contributed by atoms with Crippen LogP contribution < -0.4 is 16.2 Å². The topological polar surface area (TPSA) is 117 Å². The normalized spacial score (nSPS) is 11.0. The summed E-state index contributed by atoms with van der Waals surface area (Å²) in [6, 6.07) is 13.5. The Morgan fingerprint density at radius 2 is 1.56 bits per heavy atom. The van der Waals surface area contributed by atoms with Crippen molar-refractivity contribution in [2.75, 3.05) is 6.61 Å². The number of carbonyl (C=O) groups excluding carboxylic acids is 2. The predicted octanol–water partition coefficient (Wildman–Crippen LogP) is 1.59. The van der Waals surface area contributed by atoms with Gasteiger partial charge in [0, 0.05) is 5.56 Å². The van der Waals surface area contributed by atoms with Gasteiger partial charge in [0.1, 0.15) is 5.75 Å². The highest BCUT2D eigenvalue weighted by Crippen LogP contribution is 2.12. The Bertz CT molecular complexity index is 768. The molecule has 2 aromatic carbocycles. The van der Waals surface area contributed by atoms with Crippen molar-refractivity contribution in [3.8, 4) is 5.75 Å². The van der Waals surface area contributed by atoms with Gasteiger partial charge < -0.3 is 21.0 Å². The Kier molecular flexibility index (Phi) is 6.11. The monoisotopic (exact) mass is 341 g/mol. The Hall–Kier alpha value is -3.35. The van der Waals surface area contributed by atoms with Gasteiger partial charge in [-0.1, -0.05) is 24.2 Å². The Balaban J connectivity index is 1.97. The molecule has 4 N–H and O–H groups in total. The van der Waals surface area contributed by atoms with Crippen LogP contribution in [0.3, 0.4) is 0 Å². The molecule has 130 valence electrons. The molecule has 0 saturated heterocycles. The summed E-state index contributed by atoms with van der Waals surface area (Å²) in [4.78, 5) is 27.5. The maximum Gasteiger partial charge on any atom is 0.365 e. The van der Waals surface area contributed by atoms with E-state index in [0.717, 1.165) is 12.0 Å². The van der Waals surface area contributed by atoms with E-state index in [1.165, 1.54) is 0 Å². The van der Waals surface area contributed by atoms with Crippen molar-refractivity contribution in [3.63, 3.8) is 0 Å². The highest BCUT2D eigenvalue weighted by atomic mass is 16.7. The van der Waals surface area contributed by atoms with Crippen molar-refractivity contribution in [2.24, 2.45) is 16.6 Å². The molecular weight excluding hydrogens is 322 g/mol. The molecule has 7 heteroatoms. The van der Waals surface area contributed by atoms with Gasteiger partial charge >= 0.3 is 5.97 Å². The van der Waals surface area contributed by atoms with Crippen LogP contribution in [0.15, 0.2) is 53.7 Å². The van der Waals surface area contributed by atoms with Crippen molar-refractivity contribution in [1.82, 2.24) is 0 Å². The Morgan fingerprint density at radius 3 is 2.12 bits per heavy atom. The first-order chi connectivity index (χ1) is 12.0. The fraction of sp³-hybridized carbons (Fsp3) is 0.167. The van der Waals surface area contributed by atoms with Crippen LogP contribution in [-0.4, -0.2) is 24.3 Å². The van der Waals surface area contributed by atoms with Gasteiger partial charge in [-0.05, 0) is 48.4 Å². The molecule has 1 amide bonds. The fourth-order valence-electron chi connectivity index (χ4n) is 1.95. The largest absolute Gasteiger partial charge is 0.484 e. The maximum absolute atomic E-state index is 11.9. The first-order valence-electron chi connectivity index (χ1n) is 7.65. The second-order valence-corrected chi connectivity index (χ2v) is 5.19. The Labute approximate surface area is 145 Å². The van der Waals surface area contributed by atoms with Gasteiger partial charge in [0.15, 0.2) is 12.4 Å². The third-order valence-electron chi connectivity index (χ3n) is 3.36. The molecule has 0 heterocycles. The lowest BCUT2D eigenvalue weighted by molar-refractivity contribution is -0.119. The van der Waals surface area contributed by atoms with Gasteiger partial charge in [-0.15, -0.1) is 0 Å². The zero-order chi connectivity index (χ0) is 18.2. The summed E-state index contributed by atoms with van der Waals surface area (Å²) in [5, 5.41) is 3.65. The van der Waals surface area contributed by atoms with Crippen LogP contribution in [0, 0.1) is 0 Å². The number of aryl methyl sites for hydroxylation is 1. The number of nitrogens with two attached hydrogens (primary N) is 2. The van der Waals surface area contributed by atoms with Gasteiger partial charge in [0.05, 0.1) is 5.56 Å². The van der Waals surface area contributed by atoms with Crippen LogP contribution in [-0.2, 0) is 16.1 Å². The minimum atomic E-state index is -0.591. The minimum Gasteiger partial charge on any atom is -0.484 e. The third-order valence-corrected chi connectivity index (χ3v) is 3.36. The van der Waals surface area contributed by atoms with Gasteiger partial charge in [-0.3, -0.25) is 4.79 Å². The molecule has 2 aromatic rings. The average molecular weight is 341 g/mol. The summed E-state index contributed by atoms with van der Waals surface area (Å²) in [6.45, 7) is 1.82. The highest BCUT2D eigenvalue weighted by molar-refractivity contribution is 5.98. The summed E-state index contributed by atoms with van der Waals surface area (Å²) < 4.78 is 5.14. The quantitative estimate of drug-likeness (QED) is 0.343. The van der Waals surface area contributed by atoms with Crippen LogP contribution in [0.2, 0.25) is 0 Å². The smallest absolute Gasteiger partial charge is 0.365 e. The van der Waals surface area contributed by atoms with Crippen molar-refractivity contribution in [2.45, 2.75) is 13.3 Å². The molecule has 0 aliphatic carbocycles. The molecule has 7 nitrogen and oxygen atoms in total. The number of benzene rings is 2. The van der Waals surface area contributed by atoms with E-state index < -0.39 is 11.9 Å². The summed E-state index contributed by atoms with van der Waals surface area (Å²) >= 11 is 0. The van der Waals surface area contributed by atoms with Crippen LogP contribution in [0.1, 0.15) is 28.4 Å². The van der Waals surface area contributed by atoms with Crippen molar-refractivity contribution < 1.29 is 19.2 Å². The average Bonchev–Trinajstić information content (AvgIpc) is 2.64. The number of oxime groups is 1. The number of hydrogen-bond acceptors (Lipinski definition) is 5. The number of amides is 1. The maximum atomic E-state index is 11.9. The molecular formula is C18H19N3O4. The zero-order valence-electron chi connectivity index (χ0n) is 13.8. The molecule has 0 bridgehead atoms. The SMILES string of the molecule is CCc1ccc(C(=O)O/N=C(\N)c2ccc(OCC(N)=O)cc2)cc1. The van der Waals surface area contributed by atoms with Crippen molar-refractivity contribution in [3.05, 3.63) is 65.2 Å². The lowest BCUT2D eigenvalue weighted by atomic mass is 10.1. The molecule has 0 aliphatic heterocycles. The van der Waals surface area contributed by atoms with E-state index in [-0.39, 0.29) is 12.4 Å². The molecule has 0 unspecified atom stereocenters. The number of nitrogens with zero attached hydrogens (tertiary/aromatic N) is 1. The summed E-state index contributed by atoms with van der Waals surface area (Å²) in [6.07, 6.45) is 0.888. The summed E-state index contributed by atoms with van der Waals surface area (Å²) in [5.74, 6) is -0.653. The molecule has 0 saturated carbocycles. The van der Waals surface area contributed by atoms with E-state index in [1.807, 2.05) is 19.1 Å². The molecule has 0 spiro atoms. The summed E-state index contributed by atoms with van der Waals surface area (Å²) in [7, 11) is 0. The summed E-state index contributed by atoms with van der Waals surface area (Å²) in [5.41, 5.74) is 12.9. The van der Waals surface area contributed by atoms with Crippen molar-refractivity contribution in [1.29, 1.82) is 0 Å². The number of primary amides is 1. The molecule has 0 fully saturated rings. The molecule has 2 rings (SSSR count). The van der Waals surface area contributed by atoms with Crippen LogP contribution in [0.4, 0.5) is 0 Å². The van der Waals surface area contributed by atoms with Crippen LogP contribution >= 0.6 is 0 Å². The third kappa shape index (κ3) is 5.35. The fourth-order valence-corrected chi connectivity index (χ4v) is 1.95. The van der Waals surface area contributed by atoms with Gasteiger partial charge in [-0.25, -0.2) is 4.79 Å². The second kappa shape index (κ2) is 8.49. The van der Waals surface area contributed by atoms with Crippen molar-refractivity contribution >= 4 is 17.7 Å². The van der Waals surface area contributed by atoms with E-state index >= 15 is 0 Å². The van der Waals surface area contributed by atoms with E-state index in [9.17, 15) is 9.59 Å².